The Bertz CT molecular complexity index is 640. The number of rotatable bonds is 4. The lowest BCUT2D eigenvalue weighted by atomic mass is 10.3. The monoisotopic (exact) mass is 287 g/mol. The summed E-state index contributed by atoms with van der Waals surface area (Å²) in [5, 5.41) is 6.33. The van der Waals surface area contributed by atoms with E-state index in [1.54, 1.807) is 12.1 Å². The van der Waals surface area contributed by atoms with Crippen molar-refractivity contribution in [2.75, 3.05) is 11.8 Å². The average molecular weight is 288 g/mol. The van der Waals surface area contributed by atoms with Crippen molar-refractivity contribution in [1.82, 2.24) is 10.2 Å². The van der Waals surface area contributed by atoms with Crippen molar-refractivity contribution in [2.45, 2.75) is 5.03 Å². The normalized spacial score (nSPS) is 11.2. The van der Waals surface area contributed by atoms with Crippen LogP contribution in [0.5, 0.6) is 5.75 Å². The molecule has 6 nitrogen and oxygen atoms in total. The van der Waals surface area contributed by atoms with Crippen molar-refractivity contribution >= 4 is 27.3 Å². The number of ether oxygens (including phenoxy) is 1. The van der Waals surface area contributed by atoms with Crippen molar-refractivity contribution < 1.29 is 13.2 Å². The maximum atomic E-state index is 12.0. The largest absolute Gasteiger partial charge is 0.495 e. The van der Waals surface area contributed by atoms with Gasteiger partial charge in [0.15, 0.2) is 5.03 Å². The molecule has 8 heteroatoms. The number of nitrogens with one attached hydrogen (secondary N) is 2. The van der Waals surface area contributed by atoms with E-state index in [4.69, 9.17) is 16.3 Å². The number of hydrogen-bond acceptors (Lipinski definition) is 4. The van der Waals surface area contributed by atoms with E-state index in [0.29, 0.717) is 10.8 Å². The molecule has 0 aliphatic rings. The van der Waals surface area contributed by atoms with Crippen molar-refractivity contribution in [1.29, 1.82) is 0 Å². The zero-order valence-electron chi connectivity index (χ0n) is 9.34. The Morgan fingerprint density at radius 2 is 2.17 bits per heavy atom. The third-order valence-corrected chi connectivity index (χ3v) is 3.70. The molecule has 0 amide bonds. The summed E-state index contributed by atoms with van der Waals surface area (Å²) in [5.41, 5.74) is 0.264. The second kappa shape index (κ2) is 4.87. The molecular weight excluding hydrogens is 278 g/mol. The van der Waals surface area contributed by atoms with Gasteiger partial charge in [0.25, 0.3) is 10.0 Å². The molecule has 2 rings (SSSR count). The summed E-state index contributed by atoms with van der Waals surface area (Å²) in [6.45, 7) is 0. The molecule has 96 valence electrons. The van der Waals surface area contributed by atoms with E-state index in [1.165, 1.54) is 25.4 Å². The van der Waals surface area contributed by atoms with Crippen LogP contribution in [0.4, 0.5) is 5.69 Å². The average Bonchev–Trinajstić information content (AvgIpc) is 2.83. The molecule has 0 aliphatic carbocycles. The summed E-state index contributed by atoms with van der Waals surface area (Å²) in [6.07, 6.45) is 1.35. The number of benzene rings is 1. The first-order valence-electron chi connectivity index (χ1n) is 4.88. The summed E-state index contributed by atoms with van der Waals surface area (Å²) in [7, 11) is -2.28. The second-order valence-corrected chi connectivity index (χ2v) is 5.46. The lowest BCUT2D eigenvalue weighted by molar-refractivity contribution is 0.417. The molecule has 2 aromatic rings. The van der Waals surface area contributed by atoms with Crippen LogP contribution >= 0.6 is 11.6 Å². The maximum absolute atomic E-state index is 12.0. The van der Waals surface area contributed by atoms with Crippen molar-refractivity contribution in [3.63, 3.8) is 0 Å². The number of hydrogen-bond donors (Lipinski definition) is 2. The standard InChI is InChI=1S/C10H10ClN3O3S/c1-17-9-3-2-7(11)6-8(9)14-18(15,16)10-4-5-12-13-10/h2-6,14H,1H3,(H,12,13). The third kappa shape index (κ3) is 2.57. The van der Waals surface area contributed by atoms with E-state index in [2.05, 4.69) is 14.9 Å². The number of methoxy groups -OCH3 is 1. The fourth-order valence-corrected chi connectivity index (χ4v) is 2.50. The molecule has 0 saturated heterocycles. The highest BCUT2D eigenvalue weighted by Gasteiger charge is 2.17. The molecule has 0 aliphatic heterocycles. The van der Waals surface area contributed by atoms with Gasteiger partial charge in [0.05, 0.1) is 19.0 Å². The highest BCUT2D eigenvalue weighted by Crippen LogP contribution is 2.29. The van der Waals surface area contributed by atoms with Gasteiger partial charge >= 0.3 is 0 Å². The quantitative estimate of drug-likeness (QED) is 0.899. The van der Waals surface area contributed by atoms with Gasteiger partial charge in [0, 0.05) is 5.02 Å². The topological polar surface area (TPSA) is 84.1 Å². The second-order valence-electron chi connectivity index (χ2n) is 3.37. The highest BCUT2D eigenvalue weighted by molar-refractivity contribution is 7.92. The van der Waals surface area contributed by atoms with Crippen molar-refractivity contribution in [2.24, 2.45) is 0 Å². The van der Waals surface area contributed by atoms with Gasteiger partial charge in [-0.3, -0.25) is 9.82 Å². The van der Waals surface area contributed by atoms with Crippen LogP contribution in [0.15, 0.2) is 35.5 Å². The van der Waals surface area contributed by atoms with E-state index in [1.807, 2.05) is 0 Å². The van der Waals surface area contributed by atoms with Crippen LogP contribution < -0.4 is 9.46 Å². The molecule has 18 heavy (non-hydrogen) atoms. The number of H-pyrrole nitrogens is 1. The molecular formula is C10H10ClN3O3S. The third-order valence-electron chi connectivity index (χ3n) is 2.17. The molecule has 0 spiro atoms. The molecule has 0 bridgehead atoms. The maximum Gasteiger partial charge on any atom is 0.278 e. The molecule has 0 unspecified atom stereocenters. The molecule has 0 radical (unpaired) electrons. The predicted molar refractivity (Wildman–Crippen MR) is 67.4 cm³/mol. The number of sulfonamides is 1. The number of halogens is 1. The summed E-state index contributed by atoms with van der Waals surface area (Å²) in [6, 6.07) is 6.00. The van der Waals surface area contributed by atoms with Gasteiger partial charge in [0.2, 0.25) is 0 Å². The number of anilines is 1. The first-order valence-corrected chi connectivity index (χ1v) is 6.75. The van der Waals surface area contributed by atoms with Gasteiger partial charge in [-0.25, -0.2) is 0 Å². The molecule has 0 saturated carbocycles. The first-order chi connectivity index (χ1) is 8.53. The fourth-order valence-electron chi connectivity index (χ4n) is 1.35. The predicted octanol–water partition coefficient (Wildman–Crippen LogP) is 1.87. The molecule has 0 fully saturated rings. The van der Waals surface area contributed by atoms with Crippen LogP contribution in [0.2, 0.25) is 5.02 Å². The Kier molecular flexibility index (Phi) is 3.44. The van der Waals surface area contributed by atoms with Crippen LogP contribution in [-0.2, 0) is 10.0 Å². The molecule has 1 heterocycles. The summed E-state index contributed by atoms with van der Waals surface area (Å²) in [5.74, 6) is 0.377. The number of aromatic nitrogens is 2. The van der Waals surface area contributed by atoms with Gasteiger partial charge in [-0.1, -0.05) is 11.6 Å². The fraction of sp³-hybridized carbons (Fsp3) is 0.100. The zero-order chi connectivity index (χ0) is 13.2. The lowest BCUT2D eigenvalue weighted by Gasteiger charge is -2.10. The Morgan fingerprint density at radius 3 is 2.78 bits per heavy atom. The number of aromatic amines is 1. The van der Waals surface area contributed by atoms with E-state index < -0.39 is 10.0 Å². The Labute approximate surface area is 109 Å². The summed E-state index contributed by atoms with van der Waals surface area (Å²) < 4.78 is 31.3. The summed E-state index contributed by atoms with van der Waals surface area (Å²) >= 11 is 5.82. The molecule has 1 aromatic carbocycles. The lowest BCUT2D eigenvalue weighted by Crippen LogP contribution is -2.14. The van der Waals surface area contributed by atoms with E-state index >= 15 is 0 Å². The first kappa shape index (κ1) is 12.7. The Hall–Kier alpha value is -1.73. The van der Waals surface area contributed by atoms with Crippen LogP contribution in [0.1, 0.15) is 0 Å². The Morgan fingerprint density at radius 1 is 1.39 bits per heavy atom. The van der Waals surface area contributed by atoms with Gasteiger partial charge in [-0.05, 0) is 24.3 Å². The van der Waals surface area contributed by atoms with E-state index in [-0.39, 0.29) is 10.7 Å². The minimum Gasteiger partial charge on any atom is -0.495 e. The van der Waals surface area contributed by atoms with E-state index in [9.17, 15) is 8.42 Å². The number of nitrogens with zero attached hydrogens (tertiary/aromatic N) is 1. The SMILES string of the molecule is COc1ccc(Cl)cc1NS(=O)(=O)c1ccn[nH]1. The van der Waals surface area contributed by atoms with Crippen LogP contribution in [0.25, 0.3) is 0 Å². The van der Waals surface area contributed by atoms with Gasteiger partial charge < -0.3 is 4.74 Å². The van der Waals surface area contributed by atoms with Crippen molar-refractivity contribution in [3.05, 3.63) is 35.5 Å². The van der Waals surface area contributed by atoms with Gasteiger partial charge in [0.1, 0.15) is 5.75 Å². The van der Waals surface area contributed by atoms with E-state index in [0.717, 1.165) is 0 Å². The van der Waals surface area contributed by atoms with Crippen molar-refractivity contribution in [3.8, 4) is 5.75 Å². The van der Waals surface area contributed by atoms with Gasteiger partial charge in [-0.2, -0.15) is 13.5 Å². The smallest absolute Gasteiger partial charge is 0.278 e. The van der Waals surface area contributed by atoms with Crippen LogP contribution in [-0.4, -0.2) is 25.7 Å². The Balaban J connectivity index is 2.37. The zero-order valence-corrected chi connectivity index (χ0v) is 10.9. The molecule has 2 N–H and O–H groups in total. The van der Waals surface area contributed by atoms with Crippen LogP contribution in [0, 0.1) is 0 Å². The van der Waals surface area contributed by atoms with Gasteiger partial charge in [-0.15, -0.1) is 0 Å². The highest BCUT2D eigenvalue weighted by atomic mass is 35.5. The molecule has 1 aromatic heterocycles. The summed E-state index contributed by atoms with van der Waals surface area (Å²) in [4.78, 5) is 0. The minimum atomic E-state index is -3.73. The van der Waals surface area contributed by atoms with Crippen LogP contribution in [0.3, 0.4) is 0 Å². The minimum absolute atomic E-state index is 0.0375. The molecule has 0 atom stereocenters.